The molecule has 3 rings (SSSR count). The van der Waals surface area contributed by atoms with Crippen LogP contribution in [0.25, 0.3) is 11.1 Å². The first-order chi connectivity index (χ1) is 11.0. The molecule has 1 heterocycles. The normalized spacial score (nSPS) is 23.2. The number of benzene rings is 2. The Morgan fingerprint density at radius 1 is 1.22 bits per heavy atom. The Morgan fingerprint density at radius 2 is 1.91 bits per heavy atom. The van der Waals surface area contributed by atoms with E-state index in [9.17, 15) is 9.50 Å². The number of rotatable bonds is 3. The molecular weight excluding hydrogens is 338 g/mol. The Hall–Kier alpha value is -1.64. The van der Waals surface area contributed by atoms with Crippen LogP contribution in [-0.2, 0) is 0 Å². The van der Waals surface area contributed by atoms with Gasteiger partial charge < -0.3 is 5.11 Å². The van der Waals surface area contributed by atoms with Gasteiger partial charge in [-0.1, -0.05) is 47.5 Å². The van der Waals surface area contributed by atoms with Gasteiger partial charge in [-0.25, -0.2) is 4.39 Å². The Balaban J connectivity index is 1.93. The number of aliphatic hydroxyl groups excluding tert-OH is 1. The topological polar surface area (TPSA) is 56.0 Å². The SMILES string of the molecule is N#C[C@@H]1N[C@@H](CO)[C@H]1c1ccc(-c2c(F)cc(Cl)cc2Cl)cc1. The lowest BCUT2D eigenvalue weighted by Gasteiger charge is -2.41. The van der Waals surface area contributed by atoms with E-state index in [-0.39, 0.29) is 34.7 Å². The lowest BCUT2D eigenvalue weighted by molar-refractivity contribution is 0.151. The zero-order valence-electron chi connectivity index (χ0n) is 11.9. The van der Waals surface area contributed by atoms with E-state index >= 15 is 0 Å². The predicted molar refractivity (Wildman–Crippen MR) is 88.0 cm³/mol. The largest absolute Gasteiger partial charge is 0.395 e. The Kier molecular flexibility index (Phi) is 4.56. The van der Waals surface area contributed by atoms with Gasteiger partial charge >= 0.3 is 0 Å². The second-order valence-electron chi connectivity index (χ2n) is 5.45. The molecule has 2 aromatic carbocycles. The third-order valence-electron chi connectivity index (χ3n) is 4.11. The summed E-state index contributed by atoms with van der Waals surface area (Å²) in [5.41, 5.74) is 1.85. The van der Waals surface area contributed by atoms with Gasteiger partial charge in [0.15, 0.2) is 0 Å². The third-order valence-corrected chi connectivity index (χ3v) is 4.63. The van der Waals surface area contributed by atoms with Gasteiger partial charge in [0.1, 0.15) is 11.9 Å². The molecule has 0 spiro atoms. The van der Waals surface area contributed by atoms with Crippen LogP contribution >= 0.6 is 23.2 Å². The molecule has 1 fully saturated rings. The van der Waals surface area contributed by atoms with Crippen molar-refractivity contribution in [2.24, 2.45) is 0 Å². The van der Waals surface area contributed by atoms with E-state index < -0.39 is 5.82 Å². The van der Waals surface area contributed by atoms with E-state index in [0.717, 1.165) is 5.56 Å². The molecule has 1 saturated heterocycles. The fourth-order valence-electron chi connectivity index (χ4n) is 2.95. The molecule has 1 aliphatic heterocycles. The number of aliphatic hydroxyl groups is 1. The van der Waals surface area contributed by atoms with E-state index in [1.54, 1.807) is 12.1 Å². The van der Waals surface area contributed by atoms with Gasteiger partial charge in [0.05, 0.1) is 17.7 Å². The maximum Gasteiger partial charge on any atom is 0.134 e. The summed E-state index contributed by atoms with van der Waals surface area (Å²) in [6.45, 7) is -0.0394. The number of nitriles is 1. The molecule has 0 radical (unpaired) electrons. The van der Waals surface area contributed by atoms with Crippen molar-refractivity contribution in [1.82, 2.24) is 5.32 Å². The highest BCUT2D eigenvalue weighted by Gasteiger charge is 2.41. The quantitative estimate of drug-likeness (QED) is 0.886. The average molecular weight is 351 g/mol. The molecule has 6 heteroatoms. The predicted octanol–water partition coefficient (Wildman–Crippen LogP) is 3.74. The molecule has 0 bridgehead atoms. The number of hydrogen-bond acceptors (Lipinski definition) is 3. The van der Waals surface area contributed by atoms with Crippen molar-refractivity contribution in [2.75, 3.05) is 6.61 Å². The molecule has 118 valence electrons. The molecule has 1 aliphatic rings. The Bertz CT molecular complexity index is 750. The van der Waals surface area contributed by atoms with Gasteiger partial charge in [-0.15, -0.1) is 0 Å². The molecule has 2 aromatic rings. The molecule has 0 unspecified atom stereocenters. The minimum Gasteiger partial charge on any atom is -0.395 e. The average Bonchev–Trinajstić information content (AvgIpc) is 2.48. The van der Waals surface area contributed by atoms with Crippen molar-refractivity contribution in [3.63, 3.8) is 0 Å². The van der Waals surface area contributed by atoms with Crippen molar-refractivity contribution in [3.8, 4) is 17.2 Å². The minimum atomic E-state index is -0.483. The second kappa shape index (κ2) is 6.46. The lowest BCUT2D eigenvalue weighted by atomic mass is 9.78. The first kappa shape index (κ1) is 16.2. The zero-order valence-corrected chi connectivity index (χ0v) is 13.4. The van der Waals surface area contributed by atoms with E-state index in [1.807, 2.05) is 12.1 Å². The molecule has 23 heavy (non-hydrogen) atoms. The van der Waals surface area contributed by atoms with Crippen LogP contribution in [-0.4, -0.2) is 23.8 Å². The Morgan fingerprint density at radius 3 is 2.48 bits per heavy atom. The number of nitrogens with zero attached hydrogens (tertiary/aromatic N) is 1. The standard InChI is InChI=1S/C17H13Cl2FN2O/c18-11-5-12(19)16(13(20)6-11)9-1-3-10(4-2-9)17-14(7-21)22-15(17)8-23/h1-6,14-15,17,22-23H,8H2/t14-,15-,17-/m0/s1. The van der Waals surface area contributed by atoms with Gasteiger partial charge in [-0.05, 0) is 23.3 Å². The monoisotopic (exact) mass is 350 g/mol. The molecule has 0 saturated carbocycles. The highest BCUT2D eigenvalue weighted by molar-refractivity contribution is 6.36. The van der Waals surface area contributed by atoms with E-state index in [0.29, 0.717) is 11.1 Å². The minimum absolute atomic E-state index is 0.0394. The first-order valence-corrected chi connectivity index (χ1v) is 7.82. The smallest absolute Gasteiger partial charge is 0.134 e. The van der Waals surface area contributed by atoms with Crippen molar-refractivity contribution >= 4 is 23.2 Å². The summed E-state index contributed by atoms with van der Waals surface area (Å²) in [6, 6.07) is 11.6. The van der Waals surface area contributed by atoms with Crippen LogP contribution in [0.15, 0.2) is 36.4 Å². The summed E-state index contributed by atoms with van der Waals surface area (Å²) >= 11 is 11.9. The molecular formula is C17H13Cl2FN2O. The highest BCUT2D eigenvalue weighted by atomic mass is 35.5. The molecule has 3 atom stereocenters. The van der Waals surface area contributed by atoms with Crippen LogP contribution < -0.4 is 5.32 Å². The lowest BCUT2D eigenvalue weighted by Crippen LogP contribution is -2.60. The van der Waals surface area contributed by atoms with Crippen LogP contribution in [0.5, 0.6) is 0 Å². The number of halogens is 3. The fraction of sp³-hybridized carbons (Fsp3) is 0.235. The molecule has 0 amide bonds. The van der Waals surface area contributed by atoms with Crippen molar-refractivity contribution in [3.05, 3.63) is 57.8 Å². The van der Waals surface area contributed by atoms with Crippen molar-refractivity contribution in [2.45, 2.75) is 18.0 Å². The Labute approximate surface area is 143 Å². The third kappa shape index (κ3) is 2.93. The van der Waals surface area contributed by atoms with Crippen molar-refractivity contribution in [1.29, 1.82) is 5.26 Å². The summed E-state index contributed by atoms with van der Waals surface area (Å²) < 4.78 is 14.1. The van der Waals surface area contributed by atoms with Crippen LogP contribution in [0.1, 0.15) is 11.5 Å². The number of nitrogens with one attached hydrogen (secondary N) is 1. The van der Waals surface area contributed by atoms with Gasteiger partial charge in [-0.3, -0.25) is 5.32 Å². The first-order valence-electron chi connectivity index (χ1n) is 7.06. The molecule has 0 aliphatic carbocycles. The van der Waals surface area contributed by atoms with E-state index in [4.69, 9.17) is 28.5 Å². The van der Waals surface area contributed by atoms with Crippen LogP contribution in [0.4, 0.5) is 4.39 Å². The van der Waals surface area contributed by atoms with E-state index in [1.165, 1.54) is 12.1 Å². The van der Waals surface area contributed by atoms with Crippen LogP contribution in [0, 0.1) is 17.1 Å². The van der Waals surface area contributed by atoms with Crippen molar-refractivity contribution < 1.29 is 9.50 Å². The maximum absolute atomic E-state index is 14.1. The fourth-order valence-corrected chi connectivity index (χ4v) is 3.53. The molecule has 2 N–H and O–H groups in total. The summed E-state index contributed by atoms with van der Waals surface area (Å²) in [6.07, 6.45) is 0. The molecule has 3 nitrogen and oxygen atoms in total. The second-order valence-corrected chi connectivity index (χ2v) is 6.30. The summed E-state index contributed by atoms with van der Waals surface area (Å²) in [5, 5.41) is 21.9. The summed E-state index contributed by atoms with van der Waals surface area (Å²) in [5.74, 6) is -0.562. The number of hydrogen-bond donors (Lipinski definition) is 2. The zero-order chi connectivity index (χ0) is 16.6. The van der Waals surface area contributed by atoms with Crippen LogP contribution in [0.2, 0.25) is 10.0 Å². The van der Waals surface area contributed by atoms with Gasteiger partial charge in [0, 0.05) is 22.5 Å². The summed E-state index contributed by atoms with van der Waals surface area (Å²) in [7, 11) is 0. The highest BCUT2D eigenvalue weighted by Crippen LogP contribution is 2.36. The van der Waals surface area contributed by atoms with Crippen LogP contribution in [0.3, 0.4) is 0 Å². The maximum atomic E-state index is 14.1. The molecule has 0 aromatic heterocycles. The summed E-state index contributed by atoms with van der Waals surface area (Å²) in [4.78, 5) is 0. The van der Waals surface area contributed by atoms with Gasteiger partial charge in [0.2, 0.25) is 0 Å². The van der Waals surface area contributed by atoms with E-state index in [2.05, 4.69) is 11.4 Å². The van der Waals surface area contributed by atoms with Gasteiger partial charge in [0.25, 0.3) is 0 Å². The van der Waals surface area contributed by atoms with Gasteiger partial charge in [-0.2, -0.15) is 5.26 Å².